The number of hydrogen-bond acceptors (Lipinski definition) is 6. The van der Waals surface area contributed by atoms with Crippen LogP contribution in [0.2, 0.25) is 0 Å². The Morgan fingerprint density at radius 3 is 2.70 bits per heavy atom. The summed E-state index contributed by atoms with van der Waals surface area (Å²) in [6, 6.07) is 3.28. The highest BCUT2D eigenvalue weighted by molar-refractivity contribution is 6.07. The third kappa shape index (κ3) is 6.03. The molecule has 1 aliphatic heterocycles. The van der Waals surface area contributed by atoms with E-state index in [9.17, 15) is 14.7 Å². The van der Waals surface area contributed by atoms with Crippen molar-refractivity contribution < 1.29 is 24.2 Å². The van der Waals surface area contributed by atoms with Gasteiger partial charge in [-0.25, -0.2) is 0 Å². The number of allylic oxidation sites excluding steroid dienone is 3. The fraction of sp³-hybridized carbons (Fsp3) is 0.476. The molecule has 6 nitrogen and oxygen atoms in total. The van der Waals surface area contributed by atoms with E-state index in [0.29, 0.717) is 5.56 Å². The number of ether oxygens (including phenoxy) is 2. The zero-order chi connectivity index (χ0) is 20.0. The van der Waals surface area contributed by atoms with Crippen molar-refractivity contribution in [2.75, 3.05) is 7.11 Å². The fourth-order valence-electron chi connectivity index (χ4n) is 2.82. The van der Waals surface area contributed by atoms with Gasteiger partial charge in [-0.3, -0.25) is 14.6 Å². The van der Waals surface area contributed by atoms with Crippen LogP contribution in [-0.2, 0) is 19.1 Å². The number of aliphatic hydroxyl groups is 1. The molecule has 146 valence electrons. The van der Waals surface area contributed by atoms with Crippen LogP contribution in [0.25, 0.3) is 5.76 Å². The molecular weight excluding hydrogens is 346 g/mol. The molecule has 2 heterocycles. The lowest BCUT2D eigenvalue weighted by Crippen LogP contribution is -2.24. The quantitative estimate of drug-likeness (QED) is 0.178. The topological polar surface area (TPSA) is 89.0 Å². The molecule has 0 saturated carbocycles. The summed E-state index contributed by atoms with van der Waals surface area (Å²) in [6.07, 6.45) is 8.18. The Kier molecular flexibility index (Phi) is 6.91. The van der Waals surface area contributed by atoms with Crippen LogP contribution in [0.3, 0.4) is 0 Å². The minimum absolute atomic E-state index is 0.0422. The number of epoxide rings is 1. The van der Waals surface area contributed by atoms with Gasteiger partial charge >= 0.3 is 5.97 Å². The van der Waals surface area contributed by atoms with Gasteiger partial charge in [0, 0.05) is 24.0 Å². The lowest BCUT2D eigenvalue weighted by atomic mass is 9.96. The van der Waals surface area contributed by atoms with Crippen LogP contribution >= 0.6 is 0 Å². The van der Waals surface area contributed by atoms with E-state index in [1.165, 1.54) is 13.3 Å². The van der Waals surface area contributed by atoms with Crippen molar-refractivity contribution in [3.63, 3.8) is 0 Å². The molecule has 1 N–H and O–H groups in total. The first-order chi connectivity index (χ1) is 12.7. The molecule has 1 aliphatic rings. The molecule has 1 aromatic heterocycles. The molecular formula is C21H27NO5. The number of ketones is 1. The molecule has 0 radical (unpaired) electrons. The highest BCUT2D eigenvalue weighted by atomic mass is 16.6. The van der Waals surface area contributed by atoms with E-state index >= 15 is 0 Å². The molecule has 2 unspecified atom stereocenters. The van der Waals surface area contributed by atoms with E-state index in [1.807, 2.05) is 13.0 Å². The number of methoxy groups -OCH3 is 1. The molecule has 0 amide bonds. The molecule has 2 rings (SSSR count). The van der Waals surface area contributed by atoms with Gasteiger partial charge in [0.25, 0.3) is 0 Å². The number of hydrogen-bond donors (Lipinski definition) is 1. The van der Waals surface area contributed by atoms with Crippen LogP contribution in [0, 0.1) is 5.92 Å². The lowest BCUT2D eigenvalue weighted by molar-refractivity contribution is -0.148. The maximum atomic E-state index is 12.5. The summed E-state index contributed by atoms with van der Waals surface area (Å²) in [7, 11) is 1.25. The first-order valence-electron chi connectivity index (χ1n) is 9.00. The number of rotatable bonds is 9. The SMILES string of the molecule is COC(=O)C(C/C=C(\C)CCC1OC1(C)C)C(=O)/C=C(\O)c1cccnc1. The maximum Gasteiger partial charge on any atom is 0.316 e. The highest BCUT2D eigenvalue weighted by Gasteiger charge is 2.46. The molecule has 1 saturated heterocycles. The summed E-state index contributed by atoms with van der Waals surface area (Å²) in [5.74, 6) is -2.34. The van der Waals surface area contributed by atoms with Gasteiger partial charge in [-0.1, -0.05) is 11.6 Å². The third-order valence-corrected chi connectivity index (χ3v) is 4.73. The zero-order valence-corrected chi connectivity index (χ0v) is 16.3. The number of nitrogens with zero attached hydrogens (tertiary/aromatic N) is 1. The van der Waals surface area contributed by atoms with Crippen molar-refractivity contribution in [1.82, 2.24) is 4.98 Å². The normalized spacial score (nSPS) is 20.1. The van der Waals surface area contributed by atoms with Gasteiger partial charge in [-0.05, 0) is 52.2 Å². The summed E-state index contributed by atoms with van der Waals surface area (Å²) in [5.41, 5.74) is 1.45. The minimum Gasteiger partial charge on any atom is -0.507 e. The van der Waals surface area contributed by atoms with Crippen LogP contribution in [0.15, 0.2) is 42.3 Å². The van der Waals surface area contributed by atoms with Gasteiger partial charge in [0.15, 0.2) is 5.78 Å². The first-order valence-corrected chi connectivity index (χ1v) is 9.00. The van der Waals surface area contributed by atoms with E-state index in [4.69, 9.17) is 9.47 Å². The van der Waals surface area contributed by atoms with Crippen molar-refractivity contribution >= 4 is 17.5 Å². The second kappa shape index (κ2) is 8.95. The molecule has 0 bridgehead atoms. The molecule has 1 fully saturated rings. The minimum atomic E-state index is -0.989. The molecule has 1 aromatic rings. The Labute approximate surface area is 159 Å². The Hall–Kier alpha value is -2.47. The molecule has 6 heteroatoms. The Balaban J connectivity index is 2.00. The molecule has 0 aromatic carbocycles. The summed E-state index contributed by atoms with van der Waals surface area (Å²) < 4.78 is 10.3. The second-order valence-corrected chi connectivity index (χ2v) is 7.28. The predicted molar refractivity (Wildman–Crippen MR) is 102 cm³/mol. The van der Waals surface area contributed by atoms with Gasteiger partial charge in [0.1, 0.15) is 11.7 Å². The zero-order valence-electron chi connectivity index (χ0n) is 16.3. The van der Waals surface area contributed by atoms with Crippen LogP contribution in [0.4, 0.5) is 0 Å². The molecule has 0 aliphatic carbocycles. The standard InChI is InChI=1S/C21H27NO5/c1-14(8-10-19-21(2,3)27-19)7-9-16(20(25)26-4)18(24)12-17(23)15-6-5-11-22-13-15/h5-7,11-13,16,19,23H,8-10H2,1-4H3/b14-7+,17-12-. The Morgan fingerprint density at radius 1 is 1.44 bits per heavy atom. The number of aliphatic hydroxyl groups excluding tert-OH is 1. The number of aromatic nitrogens is 1. The highest BCUT2D eigenvalue weighted by Crippen LogP contribution is 2.39. The van der Waals surface area contributed by atoms with Crippen LogP contribution in [0.5, 0.6) is 0 Å². The van der Waals surface area contributed by atoms with Gasteiger partial charge in [-0.15, -0.1) is 0 Å². The van der Waals surface area contributed by atoms with E-state index < -0.39 is 17.7 Å². The van der Waals surface area contributed by atoms with Crippen LogP contribution < -0.4 is 0 Å². The first kappa shape index (κ1) is 20.8. The van der Waals surface area contributed by atoms with Crippen molar-refractivity contribution in [2.45, 2.75) is 51.7 Å². The van der Waals surface area contributed by atoms with Gasteiger partial charge in [-0.2, -0.15) is 0 Å². The van der Waals surface area contributed by atoms with E-state index in [1.54, 1.807) is 18.3 Å². The summed E-state index contributed by atoms with van der Waals surface area (Å²) in [5, 5.41) is 10.1. The molecule has 0 spiro atoms. The Morgan fingerprint density at radius 2 is 2.15 bits per heavy atom. The summed E-state index contributed by atoms with van der Waals surface area (Å²) in [6.45, 7) is 6.09. The average molecular weight is 373 g/mol. The molecule has 2 atom stereocenters. The third-order valence-electron chi connectivity index (χ3n) is 4.73. The van der Waals surface area contributed by atoms with Crippen molar-refractivity contribution in [2.24, 2.45) is 5.92 Å². The van der Waals surface area contributed by atoms with Gasteiger partial charge < -0.3 is 14.6 Å². The average Bonchev–Trinajstić information content (AvgIpc) is 3.27. The number of carbonyl (C=O) groups excluding carboxylic acids is 2. The Bertz CT molecular complexity index is 736. The van der Waals surface area contributed by atoms with Crippen LogP contribution in [-0.4, -0.2) is 40.7 Å². The lowest BCUT2D eigenvalue weighted by Gasteiger charge is -2.11. The van der Waals surface area contributed by atoms with Crippen LogP contribution in [0.1, 0.15) is 45.6 Å². The summed E-state index contributed by atoms with van der Waals surface area (Å²) >= 11 is 0. The predicted octanol–water partition coefficient (Wildman–Crippen LogP) is 3.63. The smallest absolute Gasteiger partial charge is 0.316 e. The number of esters is 1. The largest absolute Gasteiger partial charge is 0.507 e. The maximum absolute atomic E-state index is 12.5. The second-order valence-electron chi connectivity index (χ2n) is 7.28. The van der Waals surface area contributed by atoms with Gasteiger partial charge in [0.05, 0.1) is 18.8 Å². The van der Waals surface area contributed by atoms with E-state index in [0.717, 1.165) is 24.5 Å². The summed E-state index contributed by atoms with van der Waals surface area (Å²) in [4.78, 5) is 28.4. The fourth-order valence-corrected chi connectivity index (χ4v) is 2.82. The monoisotopic (exact) mass is 373 g/mol. The number of carbonyl (C=O) groups is 2. The van der Waals surface area contributed by atoms with E-state index in [-0.39, 0.29) is 23.9 Å². The van der Waals surface area contributed by atoms with E-state index in [2.05, 4.69) is 18.8 Å². The van der Waals surface area contributed by atoms with Gasteiger partial charge in [0.2, 0.25) is 0 Å². The number of pyridine rings is 1. The van der Waals surface area contributed by atoms with Crippen molar-refractivity contribution in [3.8, 4) is 0 Å². The molecule has 27 heavy (non-hydrogen) atoms. The van der Waals surface area contributed by atoms with Crippen molar-refractivity contribution in [1.29, 1.82) is 0 Å². The van der Waals surface area contributed by atoms with Crippen molar-refractivity contribution in [3.05, 3.63) is 47.8 Å².